The highest BCUT2D eigenvalue weighted by Gasteiger charge is 2.14. The van der Waals surface area contributed by atoms with Crippen LogP contribution in [0, 0.1) is 10.1 Å². The van der Waals surface area contributed by atoms with Crippen molar-refractivity contribution < 1.29 is 14.1 Å². The average molecular weight is 509 g/mol. The van der Waals surface area contributed by atoms with E-state index in [9.17, 15) is 14.9 Å². The van der Waals surface area contributed by atoms with Crippen LogP contribution >= 0.6 is 0 Å². The summed E-state index contributed by atoms with van der Waals surface area (Å²) in [7, 11) is 0. The van der Waals surface area contributed by atoms with Gasteiger partial charge in [-0.2, -0.15) is 0 Å². The Bertz CT molecular complexity index is 1490. The summed E-state index contributed by atoms with van der Waals surface area (Å²) >= 11 is 0. The molecule has 6 heteroatoms. The van der Waals surface area contributed by atoms with Crippen molar-refractivity contribution in [3.63, 3.8) is 0 Å². The molecular formula is C32H32N2O4. The largest absolute Gasteiger partial charge is 0.461 e. The van der Waals surface area contributed by atoms with Crippen LogP contribution in [0.25, 0.3) is 34.9 Å². The minimum atomic E-state index is -0.377. The third-order valence-corrected chi connectivity index (χ3v) is 5.85. The molecule has 0 aliphatic rings. The average Bonchev–Trinajstić information content (AvgIpc) is 3.25. The van der Waals surface area contributed by atoms with Gasteiger partial charge in [0.15, 0.2) is 0 Å². The van der Waals surface area contributed by atoms with Crippen LogP contribution < -0.4 is 16.4 Å². The zero-order valence-corrected chi connectivity index (χ0v) is 21.5. The summed E-state index contributed by atoms with van der Waals surface area (Å²) in [6.07, 6.45) is 8.94. The number of nitrogens with zero attached hydrogens (tertiary/aromatic N) is 1. The van der Waals surface area contributed by atoms with Gasteiger partial charge in [0.05, 0.1) is 4.92 Å². The van der Waals surface area contributed by atoms with Crippen molar-refractivity contribution in [2.75, 3.05) is 6.54 Å². The van der Waals surface area contributed by atoms with Crippen molar-refractivity contribution in [2.45, 2.75) is 26.2 Å². The predicted octanol–water partition coefficient (Wildman–Crippen LogP) is 5.80. The van der Waals surface area contributed by atoms with Gasteiger partial charge in [-0.3, -0.25) is 10.1 Å². The first kappa shape index (κ1) is 28.0. The Morgan fingerprint density at radius 2 is 1.68 bits per heavy atom. The van der Waals surface area contributed by atoms with Gasteiger partial charge in [-0.25, -0.2) is 0 Å². The van der Waals surface area contributed by atoms with Crippen molar-refractivity contribution in [1.82, 2.24) is 0 Å². The number of hydrogen-bond acceptors (Lipinski definition) is 5. The Balaban J connectivity index is 0.000000599. The monoisotopic (exact) mass is 508 g/mol. The molecule has 0 aliphatic carbocycles. The van der Waals surface area contributed by atoms with Crippen molar-refractivity contribution in [3.8, 4) is 22.3 Å². The van der Waals surface area contributed by atoms with Crippen molar-refractivity contribution in [2.24, 2.45) is 5.73 Å². The van der Waals surface area contributed by atoms with E-state index < -0.39 is 0 Å². The molecule has 0 amide bonds. The number of carbonyl (C=O) groups excluding carboxylic acids is 1. The summed E-state index contributed by atoms with van der Waals surface area (Å²) in [5.74, 6) is 0.861. The van der Waals surface area contributed by atoms with Crippen LogP contribution in [0.3, 0.4) is 0 Å². The van der Waals surface area contributed by atoms with E-state index in [4.69, 9.17) is 10.2 Å². The number of unbranched alkanes of at least 4 members (excludes halogenated alkanes) is 1. The van der Waals surface area contributed by atoms with Gasteiger partial charge in [-0.05, 0) is 42.1 Å². The standard InChI is InChI=1S/C28H23NO3.C4H9NO/c1-3-4-13-26-20(2)32-27(18-21-9-6-5-7-10-21)28(26)23-16-14-22(15-17-23)24-11-8-12-25(19-24)29(30)31;5-3-1-2-4-6/h3-17,19H,2,18H2,1H3;4H,1-3,5H2/b4-3-,26-13+;. The summed E-state index contributed by atoms with van der Waals surface area (Å²) in [5, 5.41) is 12.1. The van der Waals surface area contributed by atoms with E-state index in [1.54, 1.807) is 12.1 Å². The molecule has 0 spiro atoms. The zero-order chi connectivity index (χ0) is 27.3. The summed E-state index contributed by atoms with van der Waals surface area (Å²) < 4.78 is 6.11. The van der Waals surface area contributed by atoms with Gasteiger partial charge in [-0.1, -0.05) is 91.5 Å². The molecule has 3 aromatic carbocycles. The van der Waals surface area contributed by atoms with E-state index in [0.29, 0.717) is 24.8 Å². The van der Waals surface area contributed by atoms with E-state index in [1.165, 1.54) is 6.07 Å². The lowest BCUT2D eigenvalue weighted by Gasteiger charge is -2.07. The second-order valence-corrected chi connectivity index (χ2v) is 8.57. The van der Waals surface area contributed by atoms with Crippen LogP contribution in [0.1, 0.15) is 31.1 Å². The first-order valence-electron chi connectivity index (χ1n) is 12.4. The van der Waals surface area contributed by atoms with Gasteiger partial charge >= 0.3 is 0 Å². The molecule has 38 heavy (non-hydrogen) atoms. The lowest BCUT2D eigenvalue weighted by molar-refractivity contribution is -0.384. The summed E-state index contributed by atoms with van der Waals surface area (Å²) in [5.41, 5.74) is 10.7. The van der Waals surface area contributed by atoms with Crippen LogP contribution in [-0.4, -0.2) is 17.8 Å². The van der Waals surface area contributed by atoms with Crippen LogP contribution in [0.4, 0.5) is 5.69 Å². The maximum atomic E-state index is 11.1. The van der Waals surface area contributed by atoms with Gasteiger partial charge in [0.2, 0.25) is 0 Å². The Labute approximate surface area is 222 Å². The number of hydrogen-bond donors (Lipinski definition) is 1. The van der Waals surface area contributed by atoms with E-state index in [2.05, 4.69) is 18.7 Å². The molecule has 6 nitrogen and oxygen atoms in total. The lowest BCUT2D eigenvalue weighted by Crippen LogP contribution is -2.19. The molecule has 194 valence electrons. The number of benzene rings is 3. The number of allylic oxidation sites excluding steroid dienone is 2. The van der Waals surface area contributed by atoms with E-state index in [-0.39, 0.29) is 10.6 Å². The van der Waals surface area contributed by atoms with Gasteiger partial charge in [0.1, 0.15) is 17.5 Å². The fraction of sp³-hybridized carbons (Fsp3) is 0.156. The number of aldehydes is 1. The van der Waals surface area contributed by atoms with Gasteiger partial charge in [0.25, 0.3) is 5.69 Å². The lowest BCUT2D eigenvalue weighted by atomic mass is 9.97. The Morgan fingerprint density at radius 3 is 2.29 bits per heavy atom. The maximum absolute atomic E-state index is 11.1. The molecule has 0 radical (unpaired) electrons. The smallest absolute Gasteiger partial charge is 0.270 e. The normalized spacial score (nSPS) is 11.3. The predicted molar refractivity (Wildman–Crippen MR) is 154 cm³/mol. The van der Waals surface area contributed by atoms with Gasteiger partial charge in [-0.15, -0.1) is 0 Å². The van der Waals surface area contributed by atoms with Gasteiger partial charge in [0, 0.05) is 35.8 Å². The summed E-state index contributed by atoms with van der Waals surface area (Å²) in [6, 6.07) is 24.9. The number of nitro benzene ring substituents is 1. The third-order valence-electron chi connectivity index (χ3n) is 5.85. The Hall–Kier alpha value is -4.55. The molecule has 1 heterocycles. The highest BCUT2D eigenvalue weighted by molar-refractivity contribution is 5.74. The third kappa shape index (κ3) is 7.48. The quantitative estimate of drug-likeness (QED) is 0.133. The molecule has 0 bridgehead atoms. The fourth-order valence-corrected chi connectivity index (χ4v) is 3.96. The van der Waals surface area contributed by atoms with Crippen molar-refractivity contribution in [1.29, 1.82) is 0 Å². The number of nitro groups is 1. The number of rotatable bonds is 9. The summed E-state index contributed by atoms with van der Waals surface area (Å²) in [6.45, 7) is 6.71. The highest BCUT2D eigenvalue weighted by atomic mass is 16.6. The number of furan rings is 1. The van der Waals surface area contributed by atoms with Crippen LogP contribution in [-0.2, 0) is 11.2 Å². The molecule has 2 N–H and O–H groups in total. The van der Waals surface area contributed by atoms with Crippen LogP contribution in [0.15, 0.2) is 95.4 Å². The maximum Gasteiger partial charge on any atom is 0.270 e. The van der Waals surface area contributed by atoms with Crippen molar-refractivity contribution in [3.05, 3.63) is 123 Å². The number of nitrogens with two attached hydrogens (primary N) is 1. The SMILES string of the molecule is C=c1oc(Cc2ccccc2)c(-c2ccc(-c3cccc([N+](=O)[O-])c3)cc2)/c1=C/C=C\C.NCCCC=O. The number of carbonyl (C=O) groups is 1. The van der Waals surface area contributed by atoms with E-state index >= 15 is 0 Å². The van der Waals surface area contributed by atoms with E-state index in [1.807, 2.05) is 73.7 Å². The molecule has 0 aliphatic heterocycles. The molecular weight excluding hydrogens is 476 g/mol. The molecule has 1 aromatic heterocycles. The fourth-order valence-electron chi connectivity index (χ4n) is 3.96. The van der Waals surface area contributed by atoms with Crippen LogP contribution in [0.5, 0.6) is 0 Å². The molecule has 0 atom stereocenters. The molecule has 0 saturated heterocycles. The topological polar surface area (TPSA) is 99.4 Å². The highest BCUT2D eigenvalue weighted by Crippen LogP contribution is 2.28. The van der Waals surface area contributed by atoms with Crippen LogP contribution in [0.2, 0.25) is 0 Å². The number of non-ortho nitro benzene ring substituents is 1. The van der Waals surface area contributed by atoms with Crippen molar-refractivity contribution >= 4 is 24.6 Å². The molecule has 4 rings (SSSR count). The molecule has 0 unspecified atom stereocenters. The minimum Gasteiger partial charge on any atom is -0.461 e. The first-order valence-corrected chi connectivity index (χ1v) is 12.4. The zero-order valence-electron chi connectivity index (χ0n) is 21.5. The second kappa shape index (κ2) is 14.3. The van der Waals surface area contributed by atoms with E-state index in [0.717, 1.165) is 51.5 Å². The molecule has 4 aromatic rings. The van der Waals surface area contributed by atoms with Gasteiger partial charge < -0.3 is 14.9 Å². The molecule has 0 saturated carbocycles. The second-order valence-electron chi connectivity index (χ2n) is 8.57. The first-order chi connectivity index (χ1) is 18.5. The Kier molecular flexibility index (Phi) is 10.5. The minimum absolute atomic E-state index is 0.0801. The Morgan fingerprint density at radius 1 is 0.974 bits per heavy atom. The molecule has 0 fully saturated rings. The summed E-state index contributed by atoms with van der Waals surface area (Å²) in [4.78, 5) is 20.2.